The van der Waals surface area contributed by atoms with Crippen LogP contribution in [0.2, 0.25) is 0 Å². The standard InChI is InChI=1S/C23H21N3O3/c27-13-12-24-23-25-21(16-7-2-1-3-8-16)19(22(29)26-23)14-18-17-9-5-4-6-15(17)10-11-20(18)28/h1-11,27-28H,12-14H2,(H2,24,25,26,29). The summed E-state index contributed by atoms with van der Waals surface area (Å²) in [7, 11) is 0. The van der Waals surface area contributed by atoms with Crippen molar-refractivity contribution in [3.05, 3.63) is 88.2 Å². The predicted molar refractivity (Wildman–Crippen MR) is 114 cm³/mol. The third-order valence-corrected chi connectivity index (χ3v) is 4.84. The van der Waals surface area contributed by atoms with Crippen LogP contribution in [0.25, 0.3) is 22.0 Å². The van der Waals surface area contributed by atoms with Gasteiger partial charge in [-0.25, -0.2) is 4.98 Å². The van der Waals surface area contributed by atoms with Crippen LogP contribution < -0.4 is 10.9 Å². The van der Waals surface area contributed by atoms with Gasteiger partial charge in [-0.1, -0.05) is 60.7 Å². The van der Waals surface area contributed by atoms with Gasteiger partial charge in [0.1, 0.15) is 5.75 Å². The Hall–Kier alpha value is -3.64. The molecule has 1 aromatic heterocycles. The Labute approximate surface area is 167 Å². The van der Waals surface area contributed by atoms with E-state index in [-0.39, 0.29) is 30.9 Å². The Morgan fingerprint density at radius 3 is 2.48 bits per heavy atom. The SMILES string of the molecule is O=c1[nH]c(NCCO)nc(-c2ccccc2)c1Cc1c(O)ccc2ccccc12. The third-order valence-electron chi connectivity index (χ3n) is 4.84. The van der Waals surface area contributed by atoms with E-state index in [0.29, 0.717) is 22.8 Å². The number of aromatic nitrogens is 2. The smallest absolute Gasteiger partial charge is 0.256 e. The minimum absolute atomic E-state index is 0.0734. The first kappa shape index (κ1) is 18.7. The van der Waals surface area contributed by atoms with Crippen LogP contribution in [-0.2, 0) is 6.42 Å². The van der Waals surface area contributed by atoms with E-state index in [0.717, 1.165) is 16.3 Å². The summed E-state index contributed by atoms with van der Waals surface area (Å²) in [6.07, 6.45) is 0.236. The van der Waals surface area contributed by atoms with Crippen LogP contribution in [0.3, 0.4) is 0 Å². The second kappa shape index (κ2) is 8.16. The van der Waals surface area contributed by atoms with E-state index in [4.69, 9.17) is 5.11 Å². The second-order valence-electron chi connectivity index (χ2n) is 6.72. The summed E-state index contributed by atoms with van der Waals surface area (Å²) in [5.41, 5.74) is 2.22. The maximum absolute atomic E-state index is 13.0. The van der Waals surface area contributed by atoms with Crippen LogP contribution in [0.15, 0.2) is 71.5 Å². The summed E-state index contributed by atoms with van der Waals surface area (Å²) in [5, 5.41) is 24.4. The molecular formula is C23H21N3O3. The number of hydrogen-bond donors (Lipinski definition) is 4. The molecule has 0 unspecified atom stereocenters. The molecule has 0 amide bonds. The third kappa shape index (κ3) is 3.83. The number of phenolic OH excluding ortho intramolecular Hbond substituents is 1. The quantitative estimate of drug-likeness (QED) is 0.407. The van der Waals surface area contributed by atoms with Crippen LogP contribution in [0.5, 0.6) is 5.75 Å². The predicted octanol–water partition coefficient (Wildman–Crippen LogP) is 3.29. The average molecular weight is 387 g/mol. The first-order chi connectivity index (χ1) is 14.2. The van der Waals surface area contributed by atoms with Gasteiger partial charge in [-0.15, -0.1) is 0 Å². The number of H-pyrrole nitrogens is 1. The van der Waals surface area contributed by atoms with Crippen molar-refractivity contribution in [3.8, 4) is 17.0 Å². The fourth-order valence-corrected chi connectivity index (χ4v) is 3.44. The minimum Gasteiger partial charge on any atom is -0.508 e. The molecule has 0 saturated carbocycles. The first-order valence-corrected chi connectivity index (χ1v) is 9.40. The van der Waals surface area contributed by atoms with Gasteiger partial charge in [0.25, 0.3) is 5.56 Å². The monoisotopic (exact) mass is 387 g/mol. The van der Waals surface area contributed by atoms with Crippen LogP contribution in [-0.4, -0.2) is 33.3 Å². The zero-order valence-electron chi connectivity index (χ0n) is 15.7. The topological polar surface area (TPSA) is 98.2 Å². The number of benzene rings is 3. The van der Waals surface area contributed by atoms with E-state index in [1.807, 2.05) is 60.7 Å². The molecule has 0 aliphatic heterocycles. The van der Waals surface area contributed by atoms with E-state index in [2.05, 4.69) is 15.3 Å². The zero-order chi connectivity index (χ0) is 20.2. The van der Waals surface area contributed by atoms with E-state index in [1.165, 1.54) is 0 Å². The molecular weight excluding hydrogens is 366 g/mol. The van der Waals surface area contributed by atoms with Gasteiger partial charge in [-0.05, 0) is 16.8 Å². The normalized spacial score (nSPS) is 10.9. The summed E-state index contributed by atoms with van der Waals surface area (Å²) in [4.78, 5) is 20.3. The number of fused-ring (bicyclic) bond motifs is 1. The van der Waals surface area contributed by atoms with Gasteiger partial charge in [0.15, 0.2) is 0 Å². The summed E-state index contributed by atoms with van der Waals surface area (Å²) >= 11 is 0. The highest BCUT2D eigenvalue weighted by atomic mass is 16.3. The minimum atomic E-state index is -0.286. The van der Waals surface area contributed by atoms with Gasteiger partial charge in [0, 0.05) is 29.7 Å². The molecule has 146 valence electrons. The highest BCUT2D eigenvalue weighted by Gasteiger charge is 2.17. The van der Waals surface area contributed by atoms with Crippen molar-refractivity contribution >= 4 is 16.7 Å². The van der Waals surface area contributed by atoms with E-state index in [9.17, 15) is 9.90 Å². The molecule has 3 aromatic carbocycles. The van der Waals surface area contributed by atoms with Gasteiger partial charge < -0.3 is 15.5 Å². The molecule has 0 atom stereocenters. The molecule has 1 heterocycles. The van der Waals surface area contributed by atoms with Crippen LogP contribution in [0.1, 0.15) is 11.1 Å². The molecule has 0 spiro atoms. The largest absolute Gasteiger partial charge is 0.508 e. The number of rotatable bonds is 6. The first-order valence-electron chi connectivity index (χ1n) is 9.40. The summed E-state index contributed by atoms with van der Waals surface area (Å²) in [5.74, 6) is 0.443. The van der Waals surface area contributed by atoms with Crippen molar-refractivity contribution in [2.45, 2.75) is 6.42 Å². The van der Waals surface area contributed by atoms with Gasteiger partial charge in [0.2, 0.25) is 5.95 Å². The number of aliphatic hydroxyl groups excluding tert-OH is 1. The summed E-state index contributed by atoms with van der Waals surface area (Å²) < 4.78 is 0. The molecule has 4 N–H and O–H groups in total. The lowest BCUT2D eigenvalue weighted by molar-refractivity contribution is 0.311. The van der Waals surface area contributed by atoms with Gasteiger partial charge >= 0.3 is 0 Å². The Morgan fingerprint density at radius 2 is 1.69 bits per heavy atom. The lowest BCUT2D eigenvalue weighted by atomic mass is 9.95. The zero-order valence-corrected chi connectivity index (χ0v) is 15.7. The average Bonchev–Trinajstić information content (AvgIpc) is 2.76. The van der Waals surface area contributed by atoms with Crippen molar-refractivity contribution in [2.24, 2.45) is 0 Å². The Bertz CT molecular complexity index is 1200. The van der Waals surface area contributed by atoms with Crippen molar-refractivity contribution < 1.29 is 10.2 Å². The molecule has 0 aliphatic carbocycles. The van der Waals surface area contributed by atoms with Gasteiger partial charge in [-0.3, -0.25) is 9.78 Å². The molecule has 0 fully saturated rings. The molecule has 4 rings (SSSR count). The van der Waals surface area contributed by atoms with E-state index < -0.39 is 0 Å². The number of hydrogen-bond acceptors (Lipinski definition) is 5. The van der Waals surface area contributed by atoms with Crippen LogP contribution >= 0.6 is 0 Å². The molecule has 0 bridgehead atoms. The van der Waals surface area contributed by atoms with Crippen molar-refractivity contribution in [1.29, 1.82) is 0 Å². The van der Waals surface area contributed by atoms with Crippen LogP contribution in [0, 0.1) is 0 Å². The highest BCUT2D eigenvalue weighted by molar-refractivity contribution is 5.88. The Morgan fingerprint density at radius 1 is 0.931 bits per heavy atom. The maximum Gasteiger partial charge on any atom is 0.256 e. The van der Waals surface area contributed by atoms with Gasteiger partial charge in [0.05, 0.1) is 12.3 Å². The second-order valence-corrected chi connectivity index (χ2v) is 6.72. The Balaban J connectivity index is 1.88. The fourth-order valence-electron chi connectivity index (χ4n) is 3.44. The van der Waals surface area contributed by atoms with Gasteiger partial charge in [-0.2, -0.15) is 0 Å². The number of nitrogens with zero attached hydrogens (tertiary/aromatic N) is 1. The molecule has 0 saturated heterocycles. The summed E-state index contributed by atoms with van der Waals surface area (Å²) in [6, 6.07) is 20.7. The molecule has 0 radical (unpaired) electrons. The number of anilines is 1. The molecule has 6 heteroatoms. The lowest BCUT2D eigenvalue weighted by Gasteiger charge is -2.14. The number of aromatic hydroxyl groups is 1. The molecule has 0 aliphatic rings. The van der Waals surface area contributed by atoms with E-state index >= 15 is 0 Å². The molecule has 6 nitrogen and oxygen atoms in total. The summed E-state index contributed by atoms with van der Waals surface area (Å²) in [6.45, 7) is 0.205. The van der Waals surface area contributed by atoms with Crippen molar-refractivity contribution in [2.75, 3.05) is 18.5 Å². The van der Waals surface area contributed by atoms with E-state index in [1.54, 1.807) is 6.07 Å². The molecule has 4 aromatic rings. The van der Waals surface area contributed by atoms with Crippen LogP contribution in [0.4, 0.5) is 5.95 Å². The number of aromatic amines is 1. The van der Waals surface area contributed by atoms with Crippen molar-refractivity contribution in [3.63, 3.8) is 0 Å². The van der Waals surface area contributed by atoms with Crippen molar-refractivity contribution in [1.82, 2.24) is 9.97 Å². The number of aliphatic hydroxyl groups is 1. The highest BCUT2D eigenvalue weighted by Crippen LogP contribution is 2.31. The molecule has 29 heavy (non-hydrogen) atoms. The number of nitrogens with one attached hydrogen (secondary N) is 2. The lowest BCUT2D eigenvalue weighted by Crippen LogP contribution is -2.20. The number of phenols is 1. The Kier molecular flexibility index (Phi) is 5.27. The fraction of sp³-hybridized carbons (Fsp3) is 0.130. The maximum atomic E-state index is 13.0.